The van der Waals surface area contributed by atoms with Crippen molar-refractivity contribution < 1.29 is 22.1 Å². The Morgan fingerprint density at radius 3 is 1.60 bits per heavy atom. The number of hydrogen-bond donors (Lipinski definition) is 1. The van der Waals surface area contributed by atoms with Crippen LogP contribution < -0.4 is 18.9 Å². The lowest BCUT2D eigenvalue weighted by Gasteiger charge is -2.38. The summed E-state index contributed by atoms with van der Waals surface area (Å²) in [5.41, 5.74) is 11.0. The lowest BCUT2D eigenvalue weighted by Crippen LogP contribution is -2.33. The van der Waals surface area contributed by atoms with Crippen LogP contribution >= 0.6 is 0 Å². The summed E-state index contributed by atoms with van der Waals surface area (Å²) in [4.78, 5) is 4.64. The minimum absolute atomic E-state index is 0.0666. The summed E-state index contributed by atoms with van der Waals surface area (Å²) in [6, 6.07) is 41.0. The van der Waals surface area contributed by atoms with E-state index in [9.17, 15) is 8.42 Å². The Bertz CT molecular complexity index is 2030. The van der Waals surface area contributed by atoms with Gasteiger partial charge in [-0.25, -0.2) is 9.13 Å². The van der Waals surface area contributed by atoms with Gasteiger partial charge in [0.05, 0.1) is 27.6 Å². The maximum absolute atomic E-state index is 10.5. The monoisotopic (exact) mass is 642 g/mol. The van der Waals surface area contributed by atoms with Crippen molar-refractivity contribution in [2.75, 3.05) is 16.8 Å². The molecule has 0 atom stereocenters. The lowest BCUT2D eigenvalue weighted by atomic mass is 10.1. The van der Waals surface area contributed by atoms with Gasteiger partial charge >= 0.3 is 0 Å². The molecular formula is C39H38N4O3S+2. The van der Waals surface area contributed by atoms with Crippen LogP contribution in [0.25, 0.3) is 11.1 Å². The zero-order valence-electron chi connectivity index (χ0n) is 26.7. The largest absolute Gasteiger partial charge is 0.341 e. The van der Waals surface area contributed by atoms with Crippen molar-refractivity contribution in [2.24, 2.45) is 7.05 Å². The second-order valence-electron chi connectivity index (χ2n) is 11.7. The summed E-state index contributed by atoms with van der Waals surface area (Å²) >= 11 is 0. The molecule has 0 amide bonds. The third-order valence-electron chi connectivity index (χ3n) is 8.32. The van der Waals surface area contributed by atoms with E-state index in [-0.39, 0.29) is 4.90 Å². The molecule has 8 heteroatoms. The van der Waals surface area contributed by atoms with E-state index in [2.05, 4.69) is 148 Å². The van der Waals surface area contributed by atoms with Gasteiger partial charge in [0, 0.05) is 43.4 Å². The number of rotatable bonds is 6. The van der Waals surface area contributed by atoms with Gasteiger partial charge in [0.1, 0.15) is 7.05 Å². The molecule has 7 nitrogen and oxygen atoms in total. The number of aromatic nitrogens is 2. The molecule has 47 heavy (non-hydrogen) atoms. The zero-order valence-corrected chi connectivity index (χ0v) is 27.5. The Labute approximate surface area is 277 Å². The van der Waals surface area contributed by atoms with E-state index in [0.29, 0.717) is 0 Å². The minimum Gasteiger partial charge on any atom is -0.341 e. The third-order valence-corrected chi connectivity index (χ3v) is 9.19. The third kappa shape index (κ3) is 7.41. The SMILES string of the molecule is CN1c2ccccc2N(Cc2ccc(C[n+]3ccc(-c4cc[n+](C)cc4)cc3)cc2)c2ccccc21.Cc1ccc(S(=O)(=O)O)cc1. The molecule has 0 spiro atoms. The number of para-hydroxylation sites is 4. The summed E-state index contributed by atoms with van der Waals surface area (Å²) in [7, 11) is 0.166. The summed E-state index contributed by atoms with van der Waals surface area (Å²) < 4.78 is 33.8. The first-order chi connectivity index (χ1) is 22.7. The molecule has 2 aromatic heterocycles. The van der Waals surface area contributed by atoms with Crippen molar-refractivity contribution in [3.63, 3.8) is 0 Å². The summed E-state index contributed by atoms with van der Waals surface area (Å²) in [5.74, 6) is 0. The van der Waals surface area contributed by atoms with Crippen LogP contribution in [-0.2, 0) is 30.3 Å². The van der Waals surface area contributed by atoms with Crippen LogP contribution in [0.5, 0.6) is 0 Å². The molecule has 0 fully saturated rings. The molecule has 0 aliphatic carbocycles. The highest BCUT2D eigenvalue weighted by molar-refractivity contribution is 7.85. The van der Waals surface area contributed by atoms with Crippen LogP contribution in [0.3, 0.4) is 0 Å². The molecule has 0 unspecified atom stereocenters. The highest BCUT2D eigenvalue weighted by Crippen LogP contribution is 2.47. The van der Waals surface area contributed by atoms with Gasteiger partial charge in [0.15, 0.2) is 31.3 Å². The van der Waals surface area contributed by atoms with E-state index >= 15 is 0 Å². The fraction of sp³-hybridized carbons (Fsp3) is 0.128. The zero-order chi connectivity index (χ0) is 33.0. The lowest BCUT2D eigenvalue weighted by molar-refractivity contribution is -0.688. The maximum atomic E-state index is 10.5. The smallest absolute Gasteiger partial charge is 0.294 e. The van der Waals surface area contributed by atoms with Crippen LogP contribution in [0.15, 0.2) is 151 Å². The van der Waals surface area contributed by atoms with Crippen molar-refractivity contribution in [2.45, 2.75) is 24.9 Å². The summed E-state index contributed by atoms with van der Waals surface area (Å²) in [6.45, 7) is 3.52. The molecule has 0 radical (unpaired) electrons. The quantitative estimate of drug-likeness (QED) is 0.154. The van der Waals surface area contributed by atoms with Gasteiger partial charge in [-0.2, -0.15) is 8.42 Å². The first-order valence-corrected chi connectivity index (χ1v) is 16.9. The molecule has 1 N–H and O–H groups in total. The van der Waals surface area contributed by atoms with Gasteiger partial charge in [-0.05, 0) is 60.0 Å². The second kappa shape index (κ2) is 13.6. The van der Waals surface area contributed by atoms with Gasteiger partial charge in [0.25, 0.3) is 10.1 Å². The van der Waals surface area contributed by atoms with Crippen molar-refractivity contribution in [3.05, 3.63) is 163 Å². The molecule has 0 saturated carbocycles. The Morgan fingerprint density at radius 1 is 0.617 bits per heavy atom. The van der Waals surface area contributed by atoms with Gasteiger partial charge in [-0.1, -0.05) is 66.2 Å². The number of benzene rings is 4. The molecule has 0 saturated heterocycles. The van der Waals surface area contributed by atoms with E-state index in [0.717, 1.165) is 18.7 Å². The number of hydrogen-bond acceptors (Lipinski definition) is 4. The topological polar surface area (TPSA) is 68.6 Å². The molecule has 1 aliphatic rings. The summed E-state index contributed by atoms with van der Waals surface area (Å²) in [6.07, 6.45) is 8.48. The molecule has 0 bridgehead atoms. The minimum atomic E-state index is -4.02. The molecule has 4 aromatic carbocycles. The first-order valence-electron chi connectivity index (χ1n) is 15.4. The van der Waals surface area contributed by atoms with Crippen molar-refractivity contribution >= 4 is 32.9 Å². The van der Waals surface area contributed by atoms with Crippen molar-refractivity contribution in [1.82, 2.24) is 0 Å². The van der Waals surface area contributed by atoms with E-state index in [1.165, 1.54) is 57.1 Å². The van der Waals surface area contributed by atoms with E-state index in [4.69, 9.17) is 4.55 Å². The normalized spacial score (nSPS) is 12.1. The van der Waals surface area contributed by atoms with Gasteiger partial charge < -0.3 is 9.80 Å². The molecule has 7 rings (SSSR count). The second-order valence-corrected chi connectivity index (χ2v) is 13.2. The van der Waals surface area contributed by atoms with Gasteiger partial charge in [-0.15, -0.1) is 0 Å². The maximum Gasteiger partial charge on any atom is 0.294 e. The standard InChI is InChI=1S/C32H30N4.C7H8O3S/c1-33-19-15-27(16-20-33)28-17-21-35(22-18-28)23-25-11-13-26(14-12-25)24-36-31-9-5-3-7-29(31)34(2)30-8-4-6-10-32(30)36;1-6-2-4-7(5-3-6)11(8,9)10/h3-22H,23-24H2,1-2H3;2-5H,1H3,(H,8,9,10)/q+2;. The Balaban J connectivity index is 0.000000300. The fourth-order valence-electron chi connectivity index (χ4n) is 5.68. The molecule has 6 aromatic rings. The van der Waals surface area contributed by atoms with E-state index < -0.39 is 10.1 Å². The molecule has 3 heterocycles. The number of aryl methyl sites for hydroxylation is 2. The van der Waals surface area contributed by atoms with Crippen LogP contribution in [0.4, 0.5) is 22.7 Å². The van der Waals surface area contributed by atoms with Crippen LogP contribution in [-0.4, -0.2) is 20.0 Å². The van der Waals surface area contributed by atoms with Crippen molar-refractivity contribution in [1.29, 1.82) is 0 Å². The number of pyridine rings is 2. The average Bonchev–Trinajstić information content (AvgIpc) is 3.08. The highest BCUT2D eigenvalue weighted by Gasteiger charge is 2.25. The summed E-state index contributed by atoms with van der Waals surface area (Å²) in [5, 5.41) is 0. The number of fused-ring (bicyclic) bond motifs is 2. The Hall–Kier alpha value is -5.31. The number of anilines is 4. The Kier molecular flexibility index (Phi) is 9.15. The average molecular weight is 643 g/mol. The molecule has 236 valence electrons. The van der Waals surface area contributed by atoms with Gasteiger partial charge in [0.2, 0.25) is 0 Å². The van der Waals surface area contributed by atoms with Crippen LogP contribution in [0.2, 0.25) is 0 Å². The molecular weight excluding hydrogens is 605 g/mol. The van der Waals surface area contributed by atoms with Crippen molar-refractivity contribution in [3.8, 4) is 11.1 Å². The van der Waals surface area contributed by atoms with Crippen LogP contribution in [0.1, 0.15) is 16.7 Å². The predicted octanol–water partition coefficient (Wildman–Crippen LogP) is 7.18. The number of nitrogens with zero attached hydrogens (tertiary/aromatic N) is 4. The fourth-order valence-corrected chi connectivity index (χ4v) is 6.16. The molecule has 1 aliphatic heterocycles. The predicted molar refractivity (Wildman–Crippen MR) is 187 cm³/mol. The van der Waals surface area contributed by atoms with Crippen LogP contribution in [0, 0.1) is 6.92 Å². The van der Waals surface area contributed by atoms with E-state index in [1.54, 1.807) is 12.1 Å². The van der Waals surface area contributed by atoms with E-state index in [1.807, 2.05) is 14.0 Å². The highest BCUT2D eigenvalue weighted by atomic mass is 32.2. The van der Waals surface area contributed by atoms with Gasteiger partial charge in [-0.3, -0.25) is 4.55 Å². The Morgan fingerprint density at radius 2 is 1.09 bits per heavy atom. The first kappa shape index (κ1) is 31.7.